The van der Waals surface area contributed by atoms with Crippen LogP contribution >= 0.6 is 0 Å². The Balaban J connectivity index is 1.48. The number of carbonyl (C=O) groups is 3. The van der Waals surface area contributed by atoms with Gasteiger partial charge in [0.25, 0.3) is 0 Å². The topological polar surface area (TPSA) is 136 Å². The van der Waals surface area contributed by atoms with Crippen LogP contribution in [0.5, 0.6) is 5.75 Å². The summed E-state index contributed by atoms with van der Waals surface area (Å²) >= 11 is 0. The van der Waals surface area contributed by atoms with E-state index < -0.39 is 28.9 Å². The van der Waals surface area contributed by atoms with E-state index in [4.69, 9.17) is 9.47 Å². The Morgan fingerprint density at radius 1 is 1.00 bits per heavy atom. The number of ether oxygens (including phenoxy) is 2. The minimum atomic E-state index is -1.42. The van der Waals surface area contributed by atoms with Gasteiger partial charge in [0, 0.05) is 38.6 Å². The minimum absolute atomic E-state index is 0.00141. The summed E-state index contributed by atoms with van der Waals surface area (Å²) in [5.74, 6) is -2.04. The van der Waals surface area contributed by atoms with Crippen molar-refractivity contribution < 1.29 is 29.0 Å². The highest BCUT2D eigenvalue weighted by molar-refractivity contribution is 5.89. The van der Waals surface area contributed by atoms with E-state index in [0.717, 1.165) is 9.96 Å². The third-order valence-electron chi connectivity index (χ3n) is 5.73. The number of hydrogen-bond acceptors (Lipinski definition) is 7. The molecule has 3 heterocycles. The van der Waals surface area contributed by atoms with Gasteiger partial charge in [0.15, 0.2) is 5.69 Å². The number of aromatic carboxylic acids is 1. The first-order valence-electron chi connectivity index (χ1n) is 11.8. The first-order chi connectivity index (χ1) is 17.5. The maximum atomic E-state index is 13.1. The lowest BCUT2D eigenvalue weighted by atomic mass is 10.2. The number of carbonyl (C=O) groups excluding carboxylic acids is 2. The molecule has 3 aromatic rings. The van der Waals surface area contributed by atoms with Crippen LogP contribution in [-0.2, 0) is 22.7 Å². The molecule has 4 rings (SSSR count). The summed E-state index contributed by atoms with van der Waals surface area (Å²) in [6.45, 7) is 6.52. The number of benzene rings is 1. The number of rotatable bonds is 6. The molecule has 0 saturated carbocycles. The molecule has 1 aromatic carbocycles. The maximum absolute atomic E-state index is 13.1. The lowest BCUT2D eigenvalue weighted by Gasteiger charge is -2.35. The summed E-state index contributed by atoms with van der Waals surface area (Å²) in [5.41, 5.74) is -1.06. The molecule has 0 aliphatic carbocycles. The summed E-state index contributed by atoms with van der Waals surface area (Å²) in [4.78, 5) is 57.5. The number of carboxylic acids is 1. The van der Waals surface area contributed by atoms with Gasteiger partial charge in [-0.1, -0.05) is 30.3 Å². The number of carboxylic acid groups (broad SMARTS) is 1. The van der Waals surface area contributed by atoms with Crippen molar-refractivity contribution in [2.24, 2.45) is 0 Å². The molecule has 1 N–H and O–H groups in total. The van der Waals surface area contributed by atoms with E-state index in [1.54, 1.807) is 54.8 Å². The highest BCUT2D eigenvalue weighted by atomic mass is 16.6. The molecule has 12 heteroatoms. The monoisotopic (exact) mass is 511 g/mol. The fraction of sp³-hybridized carbons (Fsp3) is 0.400. The van der Waals surface area contributed by atoms with E-state index in [0.29, 0.717) is 26.2 Å². The van der Waals surface area contributed by atoms with Gasteiger partial charge in [-0.25, -0.2) is 19.0 Å². The Hall–Kier alpha value is -4.35. The van der Waals surface area contributed by atoms with Crippen LogP contribution in [0.3, 0.4) is 0 Å². The average molecular weight is 512 g/mol. The van der Waals surface area contributed by atoms with Crippen molar-refractivity contribution in [2.45, 2.75) is 39.5 Å². The molecule has 2 amide bonds. The zero-order chi connectivity index (χ0) is 26.7. The molecule has 1 saturated heterocycles. The maximum Gasteiger partial charge on any atom is 0.410 e. The van der Waals surface area contributed by atoms with Crippen molar-refractivity contribution in [3.05, 3.63) is 64.3 Å². The quantitative estimate of drug-likeness (QED) is 0.530. The molecule has 37 heavy (non-hydrogen) atoms. The van der Waals surface area contributed by atoms with Gasteiger partial charge in [0.2, 0.25) is 17.4 Å². The molecule has 196 valence electrons. The fourth-order valence-corrected chi connectivity index (χ4v) is 3.90. The Morgan fingerprint density at radius 3 is 2.27 bits per heavy atom. The second-order valence-electron chi connectivity index (χ2n) is 9.62. The second-order valence-corrected chi connectivity index (χ2v) is 9.62. The van der Waals surface area contributed by atoms with Crippen molar-refractivity contribution in [2.75, 3.05) is 26.2 Å². The Kier molecular flexibility index (Phi) is 7.18. The normalized spacial score (nSPS) is 14.0. The van der Waals surface area contributed by atoms with Gasteiger partial charge in [-0.2, -0.15) is 0 Å². The minimum Gasteiger partial charge on any atom is -0.481 e. The molecular weight excluding hydrogens is 482 g/mol. The highest BCUT2D eigenvalue weighted by Crippen LogP contribution is 2.16. The van der Waals surface area contributed by atoms with Crippen LogP contribution in [-0.4, -0.2) is 78.6 Å². The number of hydrogen-bond donors (Lipinski definition) is 1. The van der Waals surface area contributed by atoms with Crippen molar-refractivity contribution in [1.82, 2.24) is 23.8 Å². The predicted octanol–water partition coefficient (Wildman–Crippen LogP) is 1.85. The van der Waals surface area contributed by atoms with Crippen molar-refractivity contribution >= 4 is 23.7 Å². The number of imidazole rings is 1. The van der Waals surface area contributed by atoms with Gasteiger partial charge in [0.1, 0.15) is 18.8 Å². The van der Waals surface area contributed by atoms with Crippen LogP contribution < -0.4 is 10.3 Å². The molecule has 12 nitrogen and oxygen atoms in total. The van der Waals surface area contributed by atoms with Gasteiger partial charge < -0.3 is 28.9 Å². The van der Waals surface area contributed by atoms with Crippen LogP contribution in [0.15, 0.2) is 47.5 Å². The number of fused-ring (bicyclic) bond motifs is 1. The van der Waals surface area contributed by atoms with E-state index in [1.807, 2.05) is 6.07 Å². The number of amides is 2. The van der Waals surface area contributed by atoms with Crippen molar-refractivity contribution in [1.29, 1.82) is 0 Å². The van der Waals surface area contributed by atoms with Gasteiger partial charge in [0.05, 0.1) is 0 Å². The fourth-order valence-electron chi connectivity index (χ4n) is 3.90. The molecule has 1 aliphatic rings. The SMILES string of the molecule is CC(C)(C)OC(=O)N1CCN(C(=O)Cn2ccn3c(=O)c(OCc4ccccc4)c(C(=O)O)nc23)CC1. The van der Waals surface area contributed by atoms with E-state index >= 15 is 0 Å². The van der Waals surface area contributed by atoms with Gasteiger partial charge in [-0.05, 0) is 26.3 Å². The van der Waals surface area contributed by atoms with Crippen molar-refractivity contribution in [3.63, 3.8) is 0 Å². The zero-order valence-electron chi connectivity index (χ0n) is 20.9. The third kappa shape index (κ3) is 5.90. The van der Waals surface area contributed by atoms with E-state index in [1.165, 1.54) is 17.0 Å². The lowest BCUT2D eigenvalue weighted by molar-refractivity contribution is -0.133. The average Bonchev–Trinajstić information content (AvgIpc) is 3.25. The second kappa shape index (κ2) is 10.3. The zero-order valence-corrected chi connectivity index (χ0v) is 20.9. The Morgan fingerprint density at radius 2 is 1.65 bits per heavy atom. The summed E-state index contributed by atoms with van der Waals surface area (Å²) < 4.78 is 13.5. The predicted molar refractivity (Wildman–Crippen MR) is 132 cm³/mol. The summed E-state index contributed by atoms with van der Waals surface area (Å²) in [6.07, 6.45) is 2.48. The van der Waals surface area contributed by atoms with Crippen LogP contribution in [0.1, 0.15) is 36.8 Å². The largest absolute Gasteiger partial charge is 0.481 e. The first-order valence-corrected chi connectivity index (χ1v) is 11.8. The van der Waals surface area contributed by atoms with Gasteiger partial charge in [-0.3, -0.25) is 9.59 Å². The van der Waals surface area contributed by atoms with Crippen LogP contribution in [0.4, 0.5) is 4.79 Å². The third-order valence-corrected chi connectivity index (χ3v) is 5.73. The Labute approximate surface area is 212 Å². The number of nitrogens with zero attached hydrogens (tertiary/aromatic N) is 5. The van der Waals surface area contributed by atoms with Crippen LogP contribution in [0, 0.1) is 0 Å². The van der Waals surface area contributed by atoms with Gasteiger partial charge in [-0.15, -0.1) is 0 Å². The van der Waals surface area contributed by atoms with E-state index in [-0.39, 0.29) is 30.6 Å². The molecule has 0 unspecified atom stereocenters. The van der Waals surface area contributed by atoms with Crippen LogP contribution in [0.25, 0.3) is 5.78 Å². The summed E-state index contributed by atoms with van der Waals surface area (Å²) in [6, 6.07) is 9.03. The molecule has 1 fully saturated rings. The summed E-state index contributed by atoms with van der Waals surface area (Å²) in [7, 11) is 0. The van der Waals surface area contributed by atoms with Crippen molar-refractivity contribution in [3.8, 4) is 5.75 Å². The molecule has 0 atom stereocenters. The molecular formula is C25H29N5O7. The number of piperazine rings is 1. The molecule has 0 spiro atoms. The lowest BCUT2D eigenvalue weighted by Crippen LogP contribution is -2.52. The molecule has 0 radical (unpaired) electrons. The van der Waals surface area contributed by atoms with E-state index in [2.05, 4.69) is 4.98 Å². The summed E-state index contributed by atoms with van der Waals surface area (Å²) in [5, 5.41) is 9.68. The number of aromatic nitrogens is 3. The first kappa shape index (κ1) is 25.7. The standard InChI is InChI=1S/C25H29N5O7/c1-25(2,3)37-24(35)28-11-9-27(10-12-28)18(31)15-29-13-14-30-21(32)20(19(22(33)34)26-23(29)30)36-16-17-7-5-4-6-8-17/h4-8,13-14H,9-12,15-16H2,1-3H3,(H,33,34). The Bertz CT molecular complexity index is 1370. The smallest absolute Gasteiger partial charge is 0.410 e. The van der Waals surface area contributed by atoms with E-state index in [9.17, 15) is 24.3 Å². The molecule has 2 aromatic heterocycles. The molecule has 0 bridgehead atoms. The van der Waals surface area contributed by atoms with Crippen LogP contribution in [0.2, 0.25) is 0 Å². The highest BCUT2D eigenvalue weighted by Gasteiger charge is 2.28. The molecule has 1 aliphatic heterocycles. The van der Waals surface area contributed by atoms with Gasteiger partial charge >= 0.3 is 17.6 Å².